The lowest BCUT2D eigenvalue weighted by Gasteiger charge is -2.04. The molecule has 100 valence electrons. The van der Waals surface area contributed by atoms with Gasteiger partial charge in [0, 0.05) is 39.4 Å². The summed E-state index contributed by atoms with van der Waals surface area (Å²) >= 11 is 1.43. The van der Waals surface area contributed by atoms with E-state index in [1.165, 1.54) is 11.3 Å². The van der Waals surface area contributed by atoms with E-state index in [0.717, 1.165) is 10.4 Å². The second-order valence-electron chi connectivity index (χ2n) is 4.15. The van der Waals surface area contributed by atoms with Crippen molar-refractivity contribution in [3.63, 3.8) is 0 Å². The minimum Gasteiger partial charge on any atom is -0.298 e. The fourth-order valence-electron chi connectivity index (χ4n) is 1.62. The number of hydrogen-bond acceptors (Lipinski definition) is 4. The molecule has 4 nitrogen and oxygen atoms in total. The third-order valence-corrected chi connectivity index (χ3v) is 3.97. The van der Waals surface area contributed by atoms with Crippen molar-refractivity contribution in [2.45, 2.75) is 12.7 Å². The van der Waals surface area contributed by atoms with Gasteiger partial charge in [-0.3, -0.25) is 14.3 Å². The number of aromatic nitrogens is 1. The summed E-state index contributed by atoms with van der Waals surface area (Å²) in [7, 11) is -0.915. The number of nitrogens with one attached hydrogen (secondary N) is 1. The molecule has 1 aromatic carbocycles. The first-order valence-electron chi connectivity index (χ1n) is 5.67. The summed E-state index contributed by atoms with van der Waals surface area (Å²) in [4.78, 5) is 17.2. The maximum absolute atomic E-state index is 12.0. The van der Waals surface area contributed by atoms with Crippen molar-refractivity contribution in [3.8, 4) is 0 Å². The Labute approximate surface area is 118 Å². The van der Waals surface area contributed by atoms with Crippen LogP contribution in [0.3, 0.4) is 0 Å². The van der Waals surface area contributed by atoms with Gasteiger partial charge in [-0.05, 0) is 24.6 Å². The topological polar surface area (TPSA) is 59.1 Å². The molecule has 1 aromatic heterocycles. The molecule has 0 aliphatic heterocycles. The van der Waals surface area contributed by atoms with Gasteiger partial charge in [-0.2, -0.15) is 0 Å². The Morgan fingerprint density at radius 3 is 2.89 bits per heavy atom. The van der Waals surface area contributed by atoms with E-state index in [-0.39, 0.29) is 5.91 Å². The van der Waals surface area contributed by atoms with Gasteiger partial charge in [0.25, 0.3) is 5.91 Å². The minimum absolute atomic E-state index is 0.196. The molecule has 1 amide bonds. The zero-order chi connectivity index (χ0) is 13.8. The van der Waals surface area contributed by atoms with Gasteiger partial charge in [-0.25, -0.2) is 4.98 Å². The highest BCUT2D eigenvalue weighted by Gasteiger charge is 2.09. The quantitative estimate of drug-likeness (QED) is 0.943. The van der Waals surface area contributed by atoms with E-state index >= 15 is 0 Å². The first kappa shape index (κ1) is 13.9. The maximum Gasteiger partial charge on any atom is 0.257 e. The monoisotopic (exact) mass is 294 g/mol. The van der Waals surface area contributed by atoms with Crippen molar-refractivity contribution in [2.24, 2.45) is 0 Å². The number of aryl methyl sites for hydroxylation is 1. The van der Waals surface area contributed by atoms with Gasteiger partial charge < -0.3 is 0 Å². The van der Waals surface area contributed by atoms with Crippen LogP contribution in [0.1, 0.15) is 20.8 Å². The van der Waals surface area contributed by atoms with E-state index in [1.54, 1.807) is 30.7 Å². The van der Waals surface area contributed by atoms with Gasteiger partial charge in [-0.1, -0.05) is 12.1 Å². The Hall–Kier alpha value is -1.53. The average Bonchev–Trinajstić information content (AvgIpc) is 2.74. The first-order valence-corrected chi connectivity index (χ1v) is 8.22. The number of benzene rings is 1. The van der Waals surface area contributed by atoms with Crippen molar-refractivity contribution in [2.75, 3.05) is 11.6 Å². The summed E-state index contributed by atoms with van der Waals surface area (Å²) in [6.45, 7) is 1.94. The van der Waals surface area contributed by atoms with Crippen LogP contribution < -0.4 is 5.32 Å². The largest absolute Gasteiger partial charge is 0.298 e. The summed E-state index contributed by atoms with van der Waals surface area (Å²) in [6.07, 6.45) is 3.36. The predicted molar refractivity (Wildman–Crippen MR) is 79.0 cm³/mol. The number of anilines is 1. The molecule has 0 spiro atoms. The number of carbonyl (C=O) groups excluding carboxylic acids is 1. The lowest BCUT2D eigenvalue weighted by Crippen LogP contribution is -2.12. The number of amides is 1. The molecule has 0 saturated heterocycles. The molecule has 0 aliphatic rings. The van der Waals surface area contributed by atoms with E-state index in [0.29, 0.717) is 16.4 Å². The van der Waals surface area contributed by atoms with Gasteiger partial charge in [0.15, 0.2) is 5.13 Å². The van der Waals surface area contributed by atoms with Crippen LogP contribution in [0.4, 0.5) is 5.13 Å². The van der Waals surface area contributed by atoms with Crippen molar-refractivity contribution in [3.05, 3.63) is 46.5 Å². The van der Waals surface area contributed by atoms with Gasteiger partial charge in [0.1, 0.15) is 0 Å². The Kier molecular flexibility index (Phi) is 4.44. The second kappa shape index (κ2) is 6.08. The van der Waals surface area contributed by atoms with Crippen LogP contribution in [0.2, 0.25) is 0 Å². The van der Waals surface area contributed by atoms with Crippen molar-refractivity contribution < 1.29 is 9.00 Å². The van der Waals surface area contributed by atoms with E-state index in [4.69, 9.17) is 0 Å². The SMILES string of the molecule is Cc1cnc(NC(=O)c2cccc(CS(C)=O)c2)s1. The molecule has 1 heterocycles. The molecule has 0 radical (unpaired) electrons. The minimum atomic E-state index is -0.915. The number of thiazole rings is 1. The zero-order valence-corrected chi connectivity index (χ0v) is 12.3. The van der Waals surface area contributed by atoms with E-state index < -0.39 is 10.8 Å². The Balaban J connectivity index is 2.12. The van der Waals surface area contributed by atoms with Crippen LogP contribution in [-0.4, -0.2) is 21.4 Å². The van der Waals surface area contributed by atoms with Crippen LogP contribution in [0.5, 0.6) is 0 Å². The number of rotatable bonds is 4. The maximum atomic E-state index is 12.0. The highest BCUT2D eigenvalue weighted by Crippen LogP contribution is 2.17. The van der Waals surface area contributed by atoms with Crippen molar-refractivity contribution in [1.29, 1.82) is 0 Å². The predicted octanol–water partition coefficient (Wildman–Crippen LogP) is 2.58. The summed E-state index contributed by atoms with van der Waals surface area (Å²) in [5.74, 6) is 0.260. The van der Waals surface area contributed by atoms with E-state index in [9.17, 15) is 9.00 Å². The third kappa shape index (κ3) is 3.97. The van der Waals surface area contributed by atoms with Gasteiger partial charge in [0.2, 0.25) is 0 Å². The lowest BCUT2D eigenvalue weighted by atomic mass is 10.1. The Morgan fingerprint density at radius 1 is 1.47 bits per heavy atom. The van der Waals surface area contributed by atoms with Crippen molar-refractivity contribution >= 4 is 33.2 Å². The second-order valence-corrected chi connectivity index (χ2v) is 6.82. The Morgan fingerprint density at radius 2 is 2.26 bits per heavy atom. The standard InChI is InChI=1S/C13H14N2O2S2/c1-9-7-14-13(18-9)15-12(16)11-5-3-4-10(6-11)8-19(2)17/h3-7H,8H2,1-2H3,(H,14,15,16). The third-order valence-electron chi connectivity index (χ3n) is 2.40. The van der Waals surface area contributed by atoms with E-state index in [1.807, 2.05) is 13.0 Å². The molecule has 2 aromatic rings. The molecule has 0 bridgehead atoms. The molecule has 6 heteroatoms. The summed E-state index contributed by atoms with van der Waals surface area (Å²) in [5.41, 5.74) is 1.44. The molecular formula is C13H14N2O2S2. The number of nitrogens with zero attached hydrogens (tertiary/aromatic N) is 1. The van der Waals surface area contributed by atoms with Crippen molar-refractivity contribution in [1.82, 2.24) is 4.98 Å². The first-order chi connectivity index (χ1) is 9.04. The molecule has 1 unspecified atom stereocenters. The molecule has 2 rings (SSSR count). The van der Waals surface area contributed by atoms with Crippen LogP contribution >= 0.6 is 11.3 Å². The van der Waals surface area contributed by atoms with Crippen LogP contribution in [-0.2, 0) is 16.6 Å². The molecule has 19 heavy (non-hydrogen) atoms. The number of carbonyl (C=O) groups is 1. The summed E-state index contributed by atoms with van der Waals surface area (Å²) < 4.78 is 11.2. The molecule has 1 N–H and O–H groups in total. The zero-order valence-electron chi connectivity index (χ0n) is 10.7. The lowest BCUT2D eigenvalue weighted by molar-refractivity contribution is 0.102. The van der Waals surface area contributed by atoms with Crippen LogP contribution in [0.25, 0.3) is 0 Å². The smallest absolute Gasteiger partial charge is 0.257 e. The molecule has 0 saturated carbocycles. The molecule has 0 aliphatic carbocycles. The fraction of sp³-hybridized carbons (Fsp3) is 0.231. The molecule has 1 atom stereocenters. The highest BCUT2D eigenvalue weighted by molar-refractivity contribution is 7.83. The summed E-state index contributed by atoms with van der Waals surface area (Å²) in [5, 5.41) is 3.34. The van der Waals surface area contributed by atoms with Crippen LogP contribution in [0.15, 0.2) is 30.5 Å². The molecule has 0 fully saturated rings. The van der Waals surface area contributed by atoms with Gasteiger partial charge in [0.05, 0.1) is 0 Å². The van der Waals surface area contributed by atoms with Gasteiger partial charge in [-0.15, -0.1) is 11.3 Å². The average molecular weight is 294 g/mol. The number of hydrogen-bond donors (Lipinski definition) is 1. The molecular weight excluding hydrogens is 280 g/mol. The highest BCUT2D eigenvalue weighted by atomic mass is 32.2. The van der Waals surface area contributed by atoms with E-state index in [2.05, 4.69) is 10.3 Å². The normalized spacial score (nSPS) is 12.1. The van der Waals surface area contributed by atoms with Crippen LogP contribution in [0, 0.1) is 6.92 Å². The summed E-state index contributed by atoms with van der Waals surface area (Å²) in [6, 6.07) is 7.16. The fourth-order valence-corrected chi connectivity index (χ4v) is 2.93. The van der Waals surface area contributed by atoms with Gasteiger partial charge >= 0.3 is 0 Å². The Bertz CT molecular complexity index is 623.